The molecule has 0 fully saturated rings. The average molecular weight is 231 g/mol. The third kappa shape index (κ3) is 4.51. The van der Waals surface area contributed by atoms with Crippen LogP contribution in [0.2, 0.25) is 5.02 Å². The normalized spacial score (nSPS) is 10.3. The van der Waals surface area contributed by atoms with Gasteiger partial charge in [-0.1, -0.05) is 17.7 Å². The minimum absolute atomic E-state index is 0.0379. The maximum Gasteiger partial charge on any atom is 0.123 e. The number of hydrogen-bond donors (Lipinski definition) is 1. The van der Waals surface area contributed by atoms with E-state index in [0.717, 1.165) is 11.3 Å². The molecule has 4 heteroatoms. The summed E-state index contributed by atoms with van der Waals surface area (Å²) in [6.45, 7) is 3.27. The molecule has 84 valence electrons. The summed E-state index contributed by atoms with van der Waals surface area (Å²) < 4.78 is 10.5. The summed E-state index contributed by atoms with van der Waals surface area (Å²) in [5.41, 5.74) is 1.04. The Labute approximate surface area is 94.6 Å². The number of halogens is 1. The molecule has 1 aromatic rings. The van der Waals surface area contributed by atoms with Gasteiger partial charge in [-0.3, -0.25) is 0 Å². The lowest BCUT2D eigenvalue weighted by atomic mass is 10.2. The molecule has 0 atom stereocenters. The molecule has 0 unspecified atom stereocenters. The number of rotatable bonds is 6. The Morgan fingerprint density at radius 1 is 1.27 bits per heavy atom. The van der Waals surface area contributed by atoms with Gasteiger partial charge in [0.15, 0.2) is 0 Å². The molecule has 0 saturated heterocycles. The van der Waals surface area contributed by atoms with Crippen molar-refractivity contribution < 1.29 is 14.6 Å². The van der Waals surface area contributed by atoms with Crippen LogP contribution in [0, 0.1) is 6.92 Å². The zero-order valence-electron chi connectivity index (χ0n) is 8.70. The summed E-state index contributed by atoms with van der Waals surface area (Å²) in [4.78, 5) is 0. The predicted octanol–water partition coefficient (Wildman–Crippen LogP) is 2.04. The lowest BCUT2D eigenvalue weighted by Gasteiger charge is -2.09. The Kier molecular flexibility index (Phi) is 5.47. The van der Waals surface area contributed by atoms with Gasteiger partial charge in [0, 0.05) is 5.02 Å². The largest absolute Gasteiger partial charge is 0.491 e. The van der Waals surface area contributed by atoms with Gasteiger partial charge in [-0.25, -0.2) is 0 Å². The van der Waals surface area contributed by atoms with Crippen LogP contribution < -0.4 is 4.74 Å². The summed E-state index contributed by atoms with van der Waals surface area (Å²) in [5.74, 6) is 0.773. The highest BCUT2D eigenvalue weighted by atomic mass is 35.5. The van der Waals surface area contributed by atoms with Crippen LogP contribution in [0.15, 0.2) is 18.2 Å². The van der Waals surface area contributed by atoms with Gasteiger partial charge >= 0.3 is 0 Å². The van der Waals surface area contributed by atoms with Crippen molar-refractivity contribution in [1.29, 1.82) is 0 Å². The Bertz CT molecular complexity index is 302. The first-order valence-corrected chi connectivity index (χ1v) is 5.19. The molecule has 1 aromatic carbocycles. The first-order chi connectivity index (χ1) is 7.24. The highest BCUT2D eigenvalue weighted by Gasteiger charge is 2.00. The van der Waals surface area contributed by atoms with E-state index < -0.39 is 0 Å². The van der Waals surface area contributed by atoms with Crippen LogP contribution in [-0.2, 0) is 4.74 Å². The zero-order valence-corrected chi connectivity index (χ0v) is 9.46. The molecule has 15 heavy (non-hydrogen) atoms. The fourth-order valence-electron chi connectivity index (χ4n) is 1.11. The van der Waals surface area contributed by atoms with E-state index in [1.165, 1.54) is 0 Å². The fraction of sp³-hybridized carbons (Fsp3) is 0.455. The lowest BCUT2D eigenvalue weighted by molar-refractivity contribution is 0.0704. The predicted molar refractivity (Wildman–Crippen MR) is 59.6 cm³/mol. The van der Waals surface area contributed by atoms with Gasteiger partial charge in [0.2, 0.25) is 0 Å². The second-order valence-electron chi connectivity index (χ2n) is 3.09. The van der Waals surface area contributed by atoms with Gasteiger partial charge in [0.25, 0.3) is 0 Å². The van der Waals surface area contributed by atoms with Gasteiger partial charge in [-0.05, 0) is 24.6 Å². The third-order valence-corrected chi connectivity index (χ3v) is 2.11. The number of aliphatic hydroxyl groups excluding tert-OH is 1. The molecule has 3 nitrogen and oxygen atoms in total. The van der Waals surface area contributed by atoms with Crippen LogP contribution in [-0.4, -0.2) is 31.5 Å². The van der Waals surface area contributed by atoms with Crippen molar-refractivity contribution in [3.8, 4) is 5.75 Å². The maximum absolute atomic E-state index is 8.48. The molecule has 0 spiro atoms. The molecule has 0 aliphatic carbocycles. The first-order valence-electron chi connectivity index (χ1n) is 4.81. The minimum Gasteiger partial charge on any atom is -0.491 e. The number of benzene rings is 1. The van der Waals surface area contributed by atoms with E-state index in [1.807, 2.05) is 19.1 Å². The van der Waals surface area contributed by atoms with Crippen LogP contribution in [0.4, 0.5) is 0 Å². The van der Waals surface area contributed by atoms with Crippen LogP contribution in [0.25, 0.3) is 0 Å². The fourth-order valence-corrected chi connectivity index (χ4v) is 1.27. The van der Waals surface area contributed by atoms with Crippen LogP contribution >= 0.6 is 11.6 Å². The van der Waals surface area contributed by atoms with E-state index in [-0.39, 0.29) is 6.61 Å². The lowest BCUT2D eigenvalue weighted by Crippen LogP contribution is -2.09. The molecular weight excluding hydrogens is 216 g/mol. The highest BCUT2D eigenvalue weighted by Crippen LogP contribution is 2.22. The van der Waals surface area contributed by atoms with Crippen LogP contribution in [0.3, 0.4) is 0 Å². The number of hydrogen-bond acceptors (Lipinski definition) is 3. The van der Waals surface area contributed by atoms with Crippen LogP contribution in [0.1, 0.15) is 5.56 Å². The van der Waals surface area contributed by atoms with Crippen molar-refractivity contribution >= 4 is 11.6 Å². The molecule has 0 aromatic heterocycles. The molecule has 0 bridgehead atoms. The van der Waals surface area contributed by atoms with Crippen molar-refractivity contribution in [3.63, 3.8) is 0 Å². The standard InChI is InChI=1S/C11H15ClO3/c1-9-2-3-10(12)8-11(9)15-7-6-14-5-4-13/h2-3,8,13H,4-7H2,1H3. The highest BCUT2D eigenvalue weighted by molar-refractivity contribution is 6.30. The summed E-state index contributed by atoms with van der Waals surface area (Å²) in [5, 5.41) is 9.14. The van der Waals surface area contributed by atoms with Gasteiger partial charge in [0.05, 0.1) is 19.8 Å². The van der Waals surface area contributed by atoms with Crippen molar-refractivity contribution in [1.82, 2.24) is 0 Å². The second kappa shape index (κ2) is 6.67. The molecule has 0 saturated carbocycles. The molecule has 1 rings (SSSR count). The van der Waals surface area contributed by atoms with Gasteiger partial charge in [-0.15, -0.1) is 0 Å². The smallest absolute Gasteiger partial charge is 0.123 e. The van der Waals surface area contributed by atoms with E-state index in [2.05, 4.69) is 0 Å². The van der Waals surface area contributed by atoms with Crippen molar-refractivity contribution in [2.24, 2.45) is 0 Å². The average Bonchev–Trinajstić information content (AvgIpc) is 2.23. The Morgan fingerprint density at radius 2 is 2.07 bits per heavy atom. The molecule has 0 radical (unpaired) electrons. The summed E-state index contributed by atoms with van der Waals surface area (Å²) in [6.07, 6.45) is 0. The third-order valence-electron chi connectivity index (χ3n) is 1.87. The van der Waals surface area contributed by atoms with E-state index in [9.17, 15) is 0 Å². The van der Waals surface area contributed by atoms with E-state index in [1.54, 1.807) is 6.07 Å². The van der Waals surface area contributed by atoms with Crippen LogP contribution in [0.5, 0.6) is 5.75 Å². The SMILES string of the molecule is Cc1ccc(Cl)cc1OCCOCCO. The molecule has 0 aliphatic rings. The van der Waals surface area contributed by atoms with E-state index >= 15 is 0 Å². The molecular formula is C11H15ClO3. The van der Waals surface area contributed by atoms with Gasteiger partial charge in [-0.2, -0.15) is 0 Å². The van der Waals surface area contributed by atoms with Crippen molar-refractivity contribution in [2.75, 3.05) is 26.4 Å². The van der Waals surface area contributed by atoms with Gasteiger partial charge < -0.3 is 14.6 Å². The second-order valence-corrected chi connectivity index (χ2v) is 3.53. The number of aliphatic hydroxyl groups is 1. The van der Waals surface area contributed by atoms with Crippen molar-refractivity contribution in [3.05, 3.63) is 28.8 Å². The summed E-state index contributed by atoms with van der Waals surface area (Å²) >= 11 is 5.84. The number of aryl methyl sites for hydroxylation is 1. The molecule has 1 N–H and O–H groups in total. The zero-order chi connectivity index (χ0) is 11.1. The number of ether oxygens (including phenoxy) is 2. The Balaban J connectivity index is 2.33. The summed E-state index contributed by atoms with van der Waals surface area (Å²) in [6, 6.07) is 5.52. The van der Waals surface area contributed by atoms with E-state index in [0.29, 0.717) is 24.8 Å². The Morgan fingerprint density at radius 3 is 2.80 bits per heavy atom. The summed E-state index contributed by atoms with van der Waals surface area (Å²) in [7, 11) is 0. The molecule has 0 heterocycles. The monoisotopic (exact) mass is 230 g/mol. The van der Waals surface area contributed by atoms with Crippen molar-refractivity contribution in [2.45, 2.75) is 6.92 Å². The molecule has 0 amide bonds. The minimum atomic E-state index is 0.0379. The first kappa shape index (κ1) is 12.3. The topological polar surface area (TPSA) is 38.7 Å². The quantitative estimate of drug-likeness (QED) is 0.761. The van der Waals surface area contributed by atoms with E-state index in [4.69, 9.17) is 26.2 Å². The Hall–Kier alpha value is -0.770. The molecule has 0 aliphatic heterocycles. The maximum atomic E-state index is 8.48. The van der Waals surface area contributed by atoms with Gasteiger partial charge in [0.1, 0.15) is 12.4 Å².